The van der Waals surface area contributed by atoms with Gasteiger partial charge in [0.05, 0.1) is 30.0 Å². The molecule has 12 nitrogen and oxygen atoms in total. The molecule has 2 N–H and O–H groups in total. The lowest BCUT2D eigenvalue weighted by Crippen LogP contribution is -2.32. The Morgan fingerprint density at radius 2 is 1.43 bits per heavy atom. The van der Waals surface area contributed by atoms with Gasteiger partial charge >= 0.3 is 25.6 Å². The molecule has 0 saturated heterocycles. The van der Waals surface area contributed by atoms with Gasteiger partial charge in [0.25, 0.3) is 0 Å². The average Bonchev–Trinajstić information content (AvgIpc) is 3.21. The third-order valence-corrected chi connectivity index (χ3v) is 11.1. The lowest BCUT2D eigenvalue weighted by Gasteiger charge is -2.31. The van der Waals surface area contributed by atoms with E-state index in [2.05, 4.69) is 43.2 Å². The molecule has 0 aliphatic heterocycles. The number of urea groups is 1. The van der Waals surface area contributed by atoms with E-state index in [-0.39, 0.29) is 42.7 Å². The number of ether oxygens (including phenoxy) is 2. The smallest absolute Gasteiger partial charge is 0.340 e. The van der Waals surface area contributed by atoms with Crippen LogP contribution in [-0.2, 0) is 45.7 Å². The molecule has 13 heteroatoms. The molecule has 2 amide bonds. The van der Waals surface area contributed by atoms with Gasteiger partial charge in [0, 0.05) is 31.9 Å². The summed E-state index contributed by atoms with van der Waals surface area (Å²) < 4.78 is 34.4. The molecule has 0 saturated carbocycles. The van der Waals surface area contributed by atoms with Gasteiger partial charge in [-0.15, -0.1) is 0 Å². The van der Waals surface area contributed by atoms with E-state index in [1.807, 2.05) is 86.6 Å². The van der Waals surface area contributed by atoms with Crippen molar-refractivity contribution in [2.24, 2.45) is 11.8 Å². The minimum absolute atomic E-state index is 0.0394. The minimum atomic E-state index is -3.47. The van der Waals surface area contributed by atoms with Gasteiger partial charge in [0.1, 0.15) is 6.10 Å². The van der Waals surface area contributed by atoms with E-state index < -0.39 is 32.4 Å². The summed E-state index contributed by atoms with van der Waals surface area (Å²) in [5.41, 5.74) is 6.06. The number of aryl methyl sites for hydroxylation is 2. The molecule has 4 aromatic rings. The van der Waals surface area contributed by atoms with Gasteiger partial charge in [0.15, 0.2) is 5.78 Å². The van der Waals surface area contributed by atoms with Gasteiger partial charge in [-0.3, -0.25) is 18.7 Å². The Labute approximate surface area is 361 Å². The maximum atomic E-state index is 13.3. The summed E-state index contributed by atoms with van der Waals surface area (Å²) in [6, 6.07) is 29.0. The van der Waals surface area contributed by atoms with Crippen molar-refractivity contribution in [1.82, 2.24) is 0 Å². The molecular formula is C48H62N3O9P. The number of nitrogens with zero attached hydrogens (tertiary/aromatic N) is 1. The predicted octanol–water partition coefficient (Wildman–Crippen LogP) is 10.9. The molecule has 0 aliphatic rings. The number of hydrogen-bond donors (Lipinski definition) is 2. The zero-order chi connectivity index (χ0) is 44.5. The molecule has 0 aliphatic carbocycles. The van der Waals surface area contributed by atoms with Crippen molar-refractivity contribution < 1.29 is 42.3 Å². The molecule has 4 rings (SSSR count). The highest BCUT2D eigenvalue weighted by atomic mass is 31.2. The summed E-state index contributed by atoms with van der Waals surface area (Å²) in [7, 11) is -3.47. The van der Waals surface area contributed by atoms with Crippen LogP contribution in [0.3, 0.4) is 0 Å². The molecule has 0 heterocycles. The van der Waals surface area contributed by atoms with Crippen molar-refractivity contribution in [2.75, 3.05) is 42.1 Å². The lowest BCUT2D eigenvalue weighted by molar-refractivity contribution is -0.152. The second kappa shape index (κ2) is 23.6. The molecular weight excluding hydrogens is 794 g/mol. The Balaban J connectivity index is 1.29. The normalized spacial score (nSPS) is 13.2. The predicted molar refractivity (Wildman–Crippen MR) is 241 cm³/mol. The lowest BCUT2D eigenvalue weighted by atomic mass is 9.92. The number of amides is 2. The van der Waals surface area contributed by atoms with Crippen LogP contribution in [0.1, 0.15) is 99.3 Å². The summed E-state index contributed by atoms with van der Waals surface area (Å²) in [5.74, 6) is -0.887. The molecule has 0 radical (unpaired) electrons. The van der Waals surface area contributed by atoms with Crippen LogP contribution < -0.4 is 15.5 Å². The summed E-state index contributed by atoms with van der Waals surface area (Å²) in [6.07, 6.45) is 0.258. The topological polar surface area (TPSA) is 150 Å². The van der Waals surface area contributed by atoms with Crippen molar-refractivity contribution in [3.8, 4) is 0 Å². The largest absolute Gasteiger partial charge is 0.428 e. The highest BCUT2D eigenvalue weighted by molar-refractivity contribution is 7.53. The highest BCUT2D eigenvalue weighted by Gasteiger charge is 2.26. The molecule has 328 valence electrons. The van der Waals surface area contributed by atoms with Crippen LogP contribution in [0.5, 0.6) is 0 Å². The summed E-state index contributed by atoms with van der Waals surface area (Å²) >= 11 is 0. The van der Waals surface area contributed by atoms with Gasteiger partial charge in [-0.05, 0) is 97.5 Å². The van der Waals surface area contributed by atoms with Gasteiger partial charge in [-0.1, -0.05) is 101 Å². The number of hydrogen-bond acceptors (Lipinski definition) is 10. The van der Waals surface area contributed by atoms with E-state index in [1.165, 1.54) is 6.66 Å². The summed E-state index contributed by atoms with van der Waals surface area (Å²) in [5, 5.41) is 5.99. The number of esters is 2. The molecule has 61 heavy (non-hydrogen) atoms. The maximum absolute atomic E-state index is 13.3. The van der Waals surface area contributed by atoms with Crippen molar-refractivity contribution in [1.29, 1.82) is 0 Å². The molecule has 1 unspecified atom stereocenters. The van der Waals surface area contributed by atoms with Crippen LogP contribution in [-0.4, -0.2) is 56.4 Å². The fourth-order valence-corrected chi connectivity index (χ4v) is 7.81. The third kappa shape index (κ3) is 16.6. The molecule has 0 fully saturated rings. The molecule has 4 aromatic carbocycles. The van der Waals surface area contributed by atoms with Crippen LogP contribution >= 0.6 is 7.60 Å². The average molecular weight is 856 g/mol. The first-order valence-electron chi connectivity index (χ1n) is 20.9. The van der Waals surface area contributed by atoms with Crippen LogP contribution in [0, 0.1) is 18.8 Å². The van der Waals surface area contributed by atoms with Crippen molar-refractivity contribution in [3.63, 3.8) is 0 Å². The SMILES string of the molecule is CC[C@@H](CC(=O)OCOC(=O)c1ccc(CCC(=O)[C@H](C)OP(C)(=O)OCc2ccccc2)cc1)c1ccc(N(CC(C)C)CC(C)C)c(NC(=O)Nc2ccc(C)cc2)c1. The number of rotatable bonds is 23. The maximum Gasteiger partial charge on any atom is 0.340 e. The summed E-state index contributed by atoms with van der Waals surface area (Å²) in [4.78, 5) is 54.2. The molecule has 0 spiro atoms. The number of nitrogens with one attached hydrogen (secondary N) is 2. The van der Waals surface area contributed by atoms with E-state index in [0.29, 0.717) is 36.1 Å². The Bertz CT molecular complexity index is 2080. The van der Waals surface area contributed by atoms with Crippen LogP contribution in [0.2, 0.25) is 0 Å². The zero-order valence-electron chi connectivity index (χ0n) is 36.8. The number of anilines is 3. The monoisotopic (exact) mass is 855 g/mol. The number of carbonyl (C=O) groups excluding carboxylic acids is 4. The van der Waals surface area contributed by atoms with Gasteiger partial charge in [0.2, 0.25) is 6.79 Å². The van der Waals surface area contributed by atoms with Crippen LogP contribution in [0.25, 0.3) is 0 Å². The van der Waals surface area contributed by atoms with Gasteiger partial charge in [-0.2, -0.15) is 0 Å². The first-order valence-corrected chi connectivity index (χ1v) is 22.9. The van der Waals surface area contributed by atoms with Gasteiger partial charge < -0.3 is 29.5 Å². The Morgan fingerprint density at radius 1 is 0.770 bits per heavy atom. The second-order valence-electron chi connectivity index (χ2n) is 16.2. The highest BCUT2D eigenvalue weighted by Crippen LogP contribution is 2.46. The number of ketones is 1. The first kappa shape index (κ1) is 48.4. The summed E-state index contributed by atoms with van der Waals surface area (Å²) in [6.45, 7) is 16.7. The van der Waals surface area contributed by atoms with E-state index >= 15 is 0 Å². The fourth-order valence-electron chi connectivity index (χ4n) is 6.67. The fraction of sp³-hybridized carbons (Fsp3) is 0.417. The Kier molecular flexibility index (Phi) is 18.7. The number of benzene rings is 4. The Hall–Kier alpha value is -5.29. The van der Waals surface area contributed by atoms with E-state index in [9.17, 15) is 23.7 Å². The third-order valence-electron chi connectivity index (χ3n) is 9.84. The van der Waals surface area contributed by atoms with E-state index in [0.717, 1.165) is 41.0 Å². The van der Waals surface area contributed by atoms with Crippen molar-refractivity contribution >= 4 is 48.4 Å². The molecule has 3 atom stereocenters. The quantitative estimate of drug-likeness (QED) is 0.0419. The molecule has 0 bridgehead atoms. The number of Topliss-reactive ketones (excluding diaryl/α,β-unsaturated/α-hetero) is 1. The van der Waals surface area contributed by atoms with Gasteiger partial charge in [-0.25, -0.2) is 9.59 Å². The Morgan fingerprint density at radius 3 is 2.05 bits per heavy atom. The number of carbonyl (C=O) groups is 4. The minimum Gasteiger partial charge on any atom is -0.428 e. The standard InChI is InChI=1S/C48H62N3O9P/c1-9-39(41-22-25-44(51(29-33(2)3)30-34(4)5)43(27-41)50-48(55)49-42-23-15-35(6)16-24-42)28-46(53)57-32-58-47(54)40-20-17-37(18-21-40)19-26-45(52)36(7)60-61(8,56)59-31-38-13-11-10-12-14-38/h10-18,20-25,27,33-34,36,39H,9,19,26,28-32H2,1-8H3,(H2,49,50,55)/t36-,39-,61?/m0/s1. The van der Waals surface area contributed by atoms with E-state index in [4.69, 9.17) is 18.5 Å². The van der Waals surface area contributed by atoms with Crippen LogP contribution in [0.4, 0.5) is 21.9 Å². The zero-order valence-corrected chi connectivity index (χ0v) is 37.7. The van der Waals surface area contributed by atoms with E-state index in [1.54, 1.807) is 31.2 Å². The van der Waals surface area contributed by atoms with Crippen molar-refractivity contribution in [2.45, 2.75) is 92.8 Å². The first-order chi connectivity index (χ1) is 29.0. The van der Waals surface area contributed by atoms with Crippen molar-refractivity contribution in [3.05, 3.63) is 125 Å². The second-order valence-corrected chi connectivity index (χ2v) is 18.2. The van der Waals surface area contributed by atoms with Crippen LogP contribution in [0.15, 0.2) is 97.1 Å². The molecule has 0 aromatic heterocycles.